The molecule has 2 aromatic rings. The van der Waals surface area contributed by atoms with E-state index < -0.39 is 12.1 Å². The summed E-state index contributed by atoms with van der Waals surface area (Å²) in [4.78, 5) is 40.7. The number of urea groups is 1. The molecule has 1 aromatic carbocycles. The summed E-state index contributed by atoms with van der Waals surface area (Å²) >= 11 is 0. The summed E-state index contributed by atoms with van der Waals surface area (Å²) in [6, 6.07) is 9.70. The highest BCUT2D eigenvalue weighted by Gasteiger charge is 2.44. The molecule has 140 valence electrons. The van der Waals surface area contributed by atoms with Gasteiger partial charge in [-0.3, -0.25) is 19.4 Å². The molecular formula is C21H23N3O3. The molecule has 6 heteroatoms. The smallest absolute Gasteiger partial charge is 0.332 e. The summed E-state index contributed by atoms with van der Waals surface area (Å²) in [6.07, 6.45) is 1.77. The summed E-state index contributed by atoms with van der Waals surface area (Å²) < 4.78 is 1.98. The molecule has 1 aliphatic heterocycles. The average molecular weight is 365 g/mol. The molecule has 1 fully saturated rings. The van der Waals surface area contributed by atoms with E-state index in [4.69, 9.17) is 0 Å². The highest BCUT2D eigenvalue weighted by molar-refractivity contribution is 6.16. The number of amides is 3. The van der Waals surface area contributed by atoms with Crippen LogP contribution in [-0.4, -0.2) is 39.8 Å². The van der Waals surface area contributed by atoms with Crippen molar-refractivity contribution in [2.45, 2.75) is 33.4 Å². The van der Waals surface area contributed by atoms with E-state index in [-0.39, 0.29) is 18.2 Å². The van der Waals surface area contributed by atoms with Gasteiger partial charge in [-0.1, -0.05) is 24.3 Å². The number of aryl methyl sites for hydroxylation is 1. The van der Waals surface area contributed by atoms with E-state index in [1.807, 2.05) is 36.6 Å². The normalized spacial score (nSPS) is 16.9. The van der Waals surface area contributed by atoms with Crippen molar-refractivity contribution >= 4 is 23.4 Å². The van der Waals surface area contributed by atoms with Crippen LogP contribution in [0.2, 0.25) is 0 Å². The second kappa shape index (κ2) is 7.23. The molecule has 1 atom stereocenters. The van der Waals surface area contributed by atoms with Crippen molar-refractivity contribution in [3.05, 3.63) is 66.0 Å². The Morgan fingerprint density at radius 1 is 1.19 bits per heavy atom. The minimum atomic E-state index is -0.638. The number of Topliss-reactive ketones (excluding diaryl/α,β-unsaturated/α-hetero) is 1. The Kier molecular flexibility index (Phi) is 4.99. The van der Waals surface area contributed by atoms with E-state index in [2.05, 4.69) is 6.58 Å². The van der Waals surface area contributed by atoms with Gasteiger partial charge in [0.1, 0.15) is 6.04 Å². The van der Waals surface area contributed by atoms with E-state index >= 15 is 0 Å². The van der Waals surface area contributed by atoms with Gasteiger partial charge < -0.3 is 4.57 Å². The number of hydrogen-bond donors (Lipinski definition) is 0. The Bertz CT molecular complexity index is 914. The Hall–Kier alpha value is -3.15. The first-order valence-corrected chi connectivity index (χ1v) is 8.87. The largest absolute Gasteiger partial charge is 0.345 e. The molecule has 1 aliphatic rings. The van der Waals surface area contributed by atoms with Crippen LogP contribution in [0.1, 0.15) is 28.7 Å². The van der Waals surface area contributed by atoms with Gasteiger partial charge in [0.05, 0.1) is 6.54 Å². The summed E-state index contributed by atoms with van der Waals surface area (Å²) in [5, 5.41) is 0. The fraction of sp³-hybridized carbons (Fsp3) is 0.286. The summed E-state index contributed by atoms with van der Waals surface area (Å²) in [5.74, 6) is -0.612. The molecule has 3 rings (SSSR count). The van der Waals surface area contributed by atoms with Gasteiger partial charge in [-0.25, -0.2) is 4.79 Å². The zero-order valence-corrected chi connectivity index (χ0v) is 15.8. The third-order valence-corrected chi connectivity index (χ3v) is 4.97. The minimum Gasteiger partial charge on any atom is -0.345 e. The first kappa shape index (κ1) is 18.6. The first-order valence-electron chi connectivity index (χ1n) is 8.87. The van der Waals surface area contributed by atoms with Crippen LogP contribution < -0.4 is 4.90 Å². The number of ketones is 1. The van der Waals surface area contributed by atoms with Gasteiger partial charge in [-0.2, -0.15) is 0 Å². The maximum atomic E-state index is 12.8. The fourth-order valence-electron chi connectivity index (χ4n) is 3.52. The summed E-state index contributed by atoms with van der Waals surface area (Å²) in [6.45, 7) is 9.52. The number of imide groups is 1. The molecule has 0 spiro atoms. The number of benzene rings is 1. The molecular weight excluding hydrogens is 342 g/mol. The van der Waals surface area contributed by atoms with Crippen molar-refractivity contribution in [1.82, 2.24) is 9.47 Å². The number of allylic oxidation sites excluding steroid dienone is 1. The van der Waals surface area contributed by atoms with Crippen molar-refractivity contribution in [3.8, 4) is 0 Å². The van der Waals surface area contributed by atoms with E-state index in [1.165, 1.54) is 4.90 Å². The van der Waals surface area contributed by atoms with Gasteiger partial charge in [0, 0.05) is 29.2 Å². The zero-order valence-electron chi connectivity index (χ0n) is 15.8. The number of carbonyl (C=O) groups is 3. The Morgan fingerprint density at radius 3 is 2.48 bits per heavy atom. The maximum Gasteiger partial charge on any atom is 0.332 e. The van der Waals surface area contributed by atoms with Gasteiger partial charge >= 0.3 is 6.03 Å². The molecule has 2 heterocycles. The summed E-state index contributed by atoms with van der Waals surface area (Å²) in [7, 11) is 0. The number of hydrogen-bond acceptors (Lipinski definition) is 3. The average Bonchev–Trinajstić information content (AvgIpc) is 3.05. The standard InChI is InChI=1S/C21H23N3O3/c1-5-11-22-14(2)12-18(15(22)3)19(25)13-23-20(26)16(4)24(21(23)27)17-9-7-6-8-10-17/h5-10,12,16H,1,11,13H2,2-4H3/t16-/m1/s1. The van der Waals surface area contributed by atoms with Crippen LogP contribution in [0.5, 0.6) is 0 Å². The van der Waals surface area contributed by atoms with Crippen molar-refractivity contribution in [3.63, 3.8) is 0 Å². The van der Waals surface area contributed by atoms with Gasteiger partial charge in [-0.05, 0) is 39.0 Å². The van der Waals surface area contributed by atoms with Crippen LogP contribution in [0, 0.1) is 13.8 Å². The second-order valence-electron chi connectivity index (χ2n) is 6.70. The van der Waals surface area contributed by atoms with Crippen LogP contribution in [0.3, 0.4) is 0 Å². The Balaban J connectivity index is 1.84. The highest BCUT2D eigenvalue weighted by atomic mass is 16.2. The van der Waals surface area contributed by atoms with Crippen molar-refractivity contribution in [2.24, 2.45) is 0 Å². The van der Waals surface area contributed by atoms with Gasteiger partial charge in [0.15, 0.2) is 5.78 Å². The van der Waals surface area contributed by atoms with Crippen molar-refractivity contribution in [2.75, 3.05) is 11.4 Å². The molecule has 0 saturated carbocycles. The van der Waals surface area contributed by atoms with E-state index in [0.29, 0.717) is 17.8 Å². The Labute approximate surface area is 158 Å². The number of aromatic nitrogens is 1. The zero-order chi connectivity index (χ0) is 19.7. The molecule has 27 heavy (non-hydrogen) atoms. The third kappa shape index (κ3) is 3.18. The summed E-state index contributed by atoms with van der Waals surface area (Å²) in [5.41, 5.74) is 2.92. The molecule has 6 nitrogen and oxygen atoms in total. The third-order valence-electron chi connectivity index (χ3n) is 4.97. The molecule has 3 amide bonds. The quantitative estimate of drug-likeness (QED) is 0.448. The van der Waals surface area contributed by atoms with Crippen LogP contribution >= 0.6 is 0 Å². The predicted octanol–water partition coefficient (Wildman–Crippen LogP) is 3.33. The molecule has 0 aliphatic carbocycles. The van der Waals surface area contributed by atoms with E-state index in [1.54, 1.807) is 31.2 Å². The molecule has 1 saturated heterocycles. The molecule has 0 radical (unpaired) electrons. The number of para-hydroxylation sites is 1. The lowest BCUT2D eigenvalue weighted by Crippen LogP contribution is -2.37. The lowest BCUT2D eigenvalue weighted by Gasteiger charge is -2.19. The first-order chi connectivity index (χ1) is 12.9. The number of anilines is 1. The topological polar surface area (TPSA) is 62.6 Å². The fourth-order valence-corrected chi connectivity index (χ4v) is 3.52. The minimum absolute atomic E-state index is 0.248. The molecule has 1 aromatic heterocycles. The molecule has 0 unspecified atom stereocenters. The van der Waals surface area contributed by atoms with Crippen LogP contribution in [0.4, 0.5) is 10.5 Å². The van der Waals surface area contributed by atoms with Crippen molar-refractivity contribution in [1.29, 1.82) is 0 Å². The number of nitrogens with zero attached hydrogens (tertiary/aromatic N) is 3. The van der Waals surface area contributed by atoms with E-state index in [9.17, 15) is 14.4 Å². The highest BCUT2D eigenvalue weighted by Crippen LogP contribution is 2.26. The molecule has 0 bridgehead atoms. The molecule has 0 N–H and O–H groups in total. The Morgan fingerprint density at radius 2 is 1.85 bits per heavy atom. The van der Waals surface area contributed by atoms with Crippen LogP contribution in [0.25, 0.3) is 0 Å². The van der Waals surface area contributed by atoms with Gasteiger partial charge in [0.25, 0.3) is 5.91 Å². The van der Waals surface area contributed by atoms with Gasteiger partial charge in [-0.15, -0.1) is 6.58 Å². The lowest BCUT2D eigenvalue weighted by molar-refractivity contribution is -0.126. The van der Waals surface area contributed by atoms with E-state index in [0.717, 1.165) is 16.3 Å². The number of carbonyl (C=O) groups excluding carboxylic acids is 3. The van der Waals surface area contributed by atoms with Crippen molar-refractivity contribution < 1.29 is 14.4 Å². The predicted molar refractivity (Wildman–Crippen MR) is 104 cm³/mol. The second-order valence-corrected chi connectivity index (χ2v) is 6.70. The van der Waals surface area contributed by atoms with Crippen LogP contribution in [-0.2, 0) is 11.3 Å². The van der Waals surface area contributed by atoms with Crippen LogP contribution in [0.15, 0.2) is 49.1 Å². The van der Waals surface area contributed by atoms with Gasteiger partial charge in [0.2, 0.25) is 0 Å². The monoisotopic (exact) mass is 365 g/mol. The lowest BCUT2D eigenvalue weighted by atomic mass is 10.1. The number of rotatable bonds is 6. The SMILES string of the molecule is C=CCn1c(C)cc(C(=O)CN2C(=O)[C@@H](C)N(c3ccccc3)C2=O)c1C. The maximum absolute atomic E-state index is 12.8.